The summed E-state index contributed by atoms with van der Waals surface area (Å²) in [6.45, 7) is 2.33. The predicted octanol–water partition coefficient (Wildman–Crippen LogP) is 3.27. The van der Waals surface area contributed by atoms with E-state index in [1.807, 2.05) is 43.3 Å². The molecule has 0 radical (unpaired) electrons. The number of aryl methyl sites for hydroxylation is 1. The second kappa shape index (κ2) is 5.80. The van der Waals surface area contributed by atoms with Gasteiger partial charge in [-0.1, -0.05) is 45.8 Å². The van der Waals surface area contributed by atoms with E-state index in [0.717, 1.165) is 15.6 Å². The van der Waals surface area contributed by atoms with Gasteiger partial charge in [0.05, 0.1) is 10.1 Å². The zero-order chi connectivity index (χ0) is 15.9. The zero-order valence-electron chi connectivity index (χ0n) is 12.2. The molecular weight excluding hydrogens is 362 g/mol. The van der Waals surface area contributed by atoms with E-state index in [2.05, 4.69) is 15.9 Å². The monoisotopic (exact) mass is 379 g/mol. The van der Waals surface area contributed by atoms with Gasteiger partial charge >= 0.3 is 0 Å². The van der Waals surface area contributed by atoms with Crippen LogP contribution >= 0.6 is 15.9 Å². The van der Waals surface area contributed by atoms with Crippen LogP contribution in [0.15, 0.2) is 57.9 Å². The van der Waals surface area contributed by atoms with Gasteiger partial charge in [-0.3, -0.25) is 0 Å². The second-order valence-corrected chi connectivity index (χ2v) is 8.82. The van der Waals surface area contributed by atoms with Crippen molar-refractivity contribution in [1.29, 1.82) is 0 Å². The molecule has 2 aromatic rings. The van der Waals surface area contributed by atoms with Gasteiger partial charge in [0.1, 0.15) is 0 Å². The summed E-state index contributed by atoms with van der Waals surface area (Å²) in [5, 5.41) is -0.415. The second-order valence-electron chi connectivity index (χ2n) is 5.80. The summed E-state index contributed by atoms with van der Waals surface area (Å²) < 4.78 is 26.7. The highest BCUT2D eigenvalue weighted by Crippen LogP contribution is 2.53. The first-order valence-electron chi connectivity index (χ1n) is 7.21. The van der Waals surface area contributed by atoms with Gasteiger partial charge in [-0.05, 0) is 49.2 Å². The maximum absolute atomic E-state index is 12.9. The fourth-order valence-corrected chi connectivity index (χ4v) is 5.54. The van der Waals surface area contributed by atoms with Crippen molar-refractivity contribution in [3.63, 3.8) is 0 Å². The summed E-state index contributed by atoms with van der Waals surface area (Å²) in [5.41, 5.74) is 7.90. The largest absolute Gasteiger partial charge is 0.330 e. The Morgan fingerprint density at radius 2 is 1.64 bits per heavy atom. The van der Waals surface area contributed by atoms with Gasteiger partial charge in [0.2, 0.25) is 0 Å². The van der Waals surface area contributed by atoms with Crippen LogP contribution < -0.4 is 5.73 Å². The molecule has 0 saturated heterocycles. The van der Waals surface area contributed by atoms with Crippen molar-refractivity contribution in [2.45, 2.75) is 23.0 Å². The molecule has 3 rings (SSSR count). The Labute approximate surface area is 139 Å². The van der Waals surface area contributed by atoms with Crippen LogP contribution in [0.1, 0.15) is 17.0 Å². The smallest absolute Gasteiger partial charge is 0.182 e. The van der Waals surface area contributed by atoms with Gasteiger partial charge in [0.15, 0.2) is 9.84 Å². The highest BCUT2D eigenvalue weighted by molar-refractivity contribution is 9.10. The molecule has 3 atom stereocenters. The minimum absolute atomic E-state index is 0.00696. The number of sulfone groups is 1. The van der Waals surface area contributed by atoms with E-state index in [9.17, 15) is 8.42 Å². The van der Waals surface area contributed by atoms with Gasteiger partial charge in [-0.25, -0.2) is 8.42 Å². The fourth-order valence-electron chi connectivity index (χ4n) is 3.05. The molecule has 2 N–H and O–H groups in total. The predicted molar refractivity (Wildman–Crippen MR) is 91.6 cm³/mol. The Morgan fingerprint density at radius 3 is 2.18 bits per heavy atom. The van der Waals surface area contributed by atoms with Crippen LogP contribution in [-0.4, -0.2) is 20.2 Å². The third-order valence-corrected chi connectivity index (χ3v) is 7.15. The molecule has 1 saturated carbocycles. The Hall–Kier alpha value is -1.17. The normalized spacial score (nSPS) is 24.2. The molecule has 0 aromatic heterocycles. The third kappa shape index (κ3) is 2.73. The highest BCUT2D eigenvalue weighted by Gasteiger charge is 2.57. The lowest BCUT2D eigenvalue weighted by molar-refractivity contribution is 0.591. The van der Waals surface area contributed by atoms with Gasteiger partial charge < -0.3 is 5.73 Å². The number of rotatable bonds is 4. The number of hydrogen-bond acceptors (Lipinski definition) is 3. The summed E-state index contributed by atoms with van der Waals surface area (Å²) in [5.74, 6) is -0.0168. The van der Waals surface area contributed by atoms with Crippen molar-refractivity contribution >= 4 is 25.8 Å². The lowest BCUT2D eigenvalue weighted by atomic mass is 10.1. The molecule has 0 aliphatic heterocycles. The molecule has 0 bridgehead atoms. The van der Waals surface area contributed by atoms with E-state index in [-0.39, 0.29) is 11.8 Å². The van der Waals surface area contributed by atoms with Crippen molar-refractivity contribution in [2.24, 2.45) is 11.7 Å². The molecule has 0 amide bonds. The average molecular weight is 380 g/mol. The molecule has 1 aliphatic rings. The third-order valence-electron chi connectivity index (χ3n) is 4.33. The van der Waals surface area contributed by atoms with Crippen molar-refractivity contribution in [1.82, 2.24) is 0 Å². The van der Waals surface area contributed by atoms with Crippen LogP contribution in [0.2, 0.25) is 0 Å². The zero-order valence-corrected chi connectivity index (χ0v) is 14.6. The maximum atomic E-state index is 12.9. The first-order valence-corrected chi connectivity index (χ1v) is 9.55. The Balaban J connectivity index is 1.93. The molecule has 1 fully saturated rings. The molecule has 0 heterocycles. The molecule has 0 spiro atoms. The Morgan fingerprint density at radius 1 is 1.05 bits per heavy atom. The molecular formula is C17H18BrNO2S. The van der Waals surface area contributed by atoms with E-state index in [1.54, 1.807) is 12.1 Å². The minimum Gasteiger partial charge on any atom is -0.330 e. The van der Waals surface area contributed by atoms with Crippen molar-refractivity contribution in [3.05, 3.63) is 64.1 Å². The minimum atomic E-state index is -3.34. The first kappa shape index (κ1) is 15.7. The standard InChI is InChI=1S/C17H18BrNO2S/c1-11-2-8-14(9-3-11)22(20,21)17-15(10-19)16(17)12-4-6-13(18)7-5-12/h2-9,15-17H,10,19H2,1H3/t15-,16+,17-/m1/s1. The summed E-state index contributed by atoms with van der Waals surface area (Å²) in [6, 6.07) is 14.9. The van der Waals surface area contributed by atoms with Crippen LogP contribution in [0.4, 0.5) is 0 Å². The molecule has 3 nitrogen and oxygen atoms in total. The highest BCUT2D eigenvalue weighted by atomic mass is 79.9. The summed E-state index contributed by atoms with van der Waals surface area (Å²) in [7, 11) is -3.34. The molecule has 1 aliphatic carbocycles. The van der Waals surface area contributed by atoms with Crippen molar-refractivity contribution in [2.75, 3.05) is 6.54 Å². The van der Waals surface area contributed by atoms with Gasteiger partial charge in [0, 0.05) is 10.4 Å². The number of nitrogens with two attached hydrogens (primary N) is 1. The van der Waals surface area contributed by atoms with E-state index in [0.29, 0.717) is 11.4 Å². The maximum Gasteiger partial charge on any atom is 0.182 e. The molecule has 0 unspecified atom stereocenters. The van der Waals surface area contributed by atoms with Gasteiger partial charge in [-0.2, -0.15) is 0 Å². The molecule has 22 heavy (non-hydrogen) atoms. The lowest BCUT2D eigenvalue weighted by Crippen LogP contribution is -2.13. The van der Waals surface area contributed by atoms with E-state index in [4.69, 9.17) is 5.73 Å². The number of halogens is 1. The lowest BCUT2D eigenvalue weighted by Gasteiger charge is -2.05. The van der Waals surface area contributed by atoms with Gasteiger partial charge in [-0.15, -0.1) is 0 Å². The topological polar surface area (TPSA) is 60.2 Å². The Bertz CT molecular complexity index is 769. The quantitative estimate of drug-likeness (QED) is 0.886. The molecule has 116 valence electrons. The van der Waals surface area contributed by atoms with Crippen LogP contribution in [0.5, 0.6) is 0 Å². The first-order chi connectivity index (χ1) is 10.4. The summed E-state index contributed by atoms with van der Waals surface area (Å²) >= 11 is 3.40. The van der Waals surface area contributed by atoms with E-state index in [1.165, 1.54) is 0 Å². The van der Waals surface area contributed by atoms with E-state index >= 15 is 0 Å². The summed E-state index contributed by atoms with van der Waals surface area (Å²) in [6.07, 6.45) is 0. The van der Waals surface area contributed by atoms with Crippen LogP contribution in [0.25, 0.3) is 0 Å². The van der Waals surface area contributed by atoms with Crippen molar-refractivity contribution in [3.8, 4) is 0 Å². The van der Waals surface area contributed by atoms with Crippen LogP contribution in [0.3, 0.4) is 0 Å². The number of hydrogen-bond donors (Lipinski definition) is 1. The summed E-state index contributed by atoms with van der Waals surface area (Å²) in [4.78, 5) is 0.390. The molecule has 2 aromatic carbocycles. The van der Waals surface area contributed by atoms with Crippen LogP contribution in [0, 0.1) is 12.8 Å². The van der Waals surface area contributed by atoms with Crippen molar-refractivity contribution < 1.29 is 8.42 Å². The van der Waals surface area contributed by atoms with E-state index < -0.39 is 15.1 Å². The van der Waals surface area contributed by atoms with Crippen LogP contribution in [-0.2, 0) is 9.84 Å². The number of benzene rings is 2. The average Bonchev–Trinajstić information content (AvgIpc) is 3.24. The SMILES string of the molecule is Cc1ccc(S(=O)(=O)[C@@H]2[C@H](CN)[C@@H]2c2ccc(Br)cc2)cc1. The van der Waals surface area contributed by atoms with Gasteiger partial charge in [0.25, 0.3) is 0 Å². The fraction of sp³-hybridized carbons (Fsp3) is 0.294. The Kier molecular flexibility index (Phi) is 4.14. The molecule has 5 heteroatoms.